The van der Waals surface area contributed by atoms with Gasteiger partial charge < -0.3 is 9.47 Å². The molecular formula is C38H74O3. The smallest absolute Gasteiger partial charge is 0.305 e. The third kappa shape index (κ3) is 20.1. The highest BCUT2D eigenvalue weighted by Gasteiger charge is 2.37. The fourth-order valence-corrected chi connectivity index (χ4v) is 7.81. The number of carbonyl (C=O) groups is 1. The minimum atomic E-state index is -0.0497. The SMILES string of the molecule is CCCCCCC1CCC(CCCCCCCC(=O)OC)C(CCCCCCCCCCOC)C1CCCCCC. The summed E-state index contributed by atoms with van der Waals surface area (Å²) in [6.07, 6.45) is 38.3. The standard InChI is InChI=1S/C38H74O3/c1-5-7-9-20-26-34-31-32-35(27-21-16-15-18-24-30-38(39)41-4)37(36(34)28-22-10-8-6-2)29-23-17-13-11-12-14-19-25-33-40-3/h34-37H,5-33H2,1-4H3. The molecule has 1 aliphatic carbocycles. The van der Waals surface area contributed by atoms with Crippen LogP contribution in [-0.4, -0.2) is 26.8 Å². The van der Waals surface area contributed by atoms with Gasteiger partial charge in [-0.1, -0.05) is 149 Å². The summed E-state index contributed by atoms with van der Waals surface area (Å²) in [5.41, 5.74) is 0. The second-order valence-electron chi connectivity index (χ2n) is 13.6. The van der Waals surface area contributed by atoms with Crippen molar-refractivity contribution < 1.29 is 14.3 Å². The summed E-state index contributed by atoms with van der Waals surface area (Å²) in [6, 6.07) is 0. The lowest BCUT2D eigenvalue weighted by Gasteiger charge is -2.44. The van der Waals surface area contributed by atoms with Crippen LogP contribution in [0.3, 0.4) is 0 Å². The number of methoxy groups -OCH3 is 2. The minimum Gasteiger partial charge on any atom is -0.469 e. The van der Waals surface area contributed by atoms with Gasteiger partial charge in [-0.15, -0.1) is 0 Å². The van der Waals surface area contributed by atoms with Crippen LogP contribution in [-0.2, 0) is 14.3 Å². The lowest BCUT2D eigenvalue weighted by atomic mass is 9.61. The predicted molar refractivity (Wildman–Crippen MR) is 178 cm³/mol. The van der Waals surface area contributed by atoms with Crippen molar-refractivity contribution in [1.29, 1.82) is 0 Å². The van der Waals surface area contributed by atoms with Crippen molar-refractivity contribution in [2.24, 2.45) is 23.7 Å². The van der Waals surface area contributed by atoms with E-state index in [-0.39, 0.29) is 5.97 Å². The van der Waals surface area contributed by atoms with Crippen molar-refractivity contribution in [3.05, 3.63) is 0 Å². The van der Waals surface area contributed by atoms with E-state index in [0.29, 0.717) is 6.42 Å². The second kappa shape index (κ2) is 28.2. The first-order chi connectivity index (χ1) is 20.2. The number of hydrogen-bond donors (Lipinski definition) is 0. The maximum absolute atomic E-state index is 11.4. The summed E-state index contributed by atoms with van der Waals surface area (Å²) in [5, 5.41) is 0. The molecule has 3 heteroatoms. The highest BCUT2D eigenvalue weighted by Crippen LogP contribution is 2.47. The summed E-state index contributed by atoms with van der Waals surface area (Å²) in [4.78, 5) is 11.4. The molecule has 4 unspecified atom stereocenters. The molecule has 41 heavy (non-hydrogen) atoms. The van der Waals surface area contributed by atoms with E-state index in [1.54, 1.807) is 0 Å². The van der Waals surface area contributed by atoms with Crippen LogP contribution in [0.15, 0.2) is 0 Å². The molecule has 4 atom stereocenters. The Labute approximate surface area is 258 Å². The largest absolute Gasteiger partial charge is 0.469 e. The zero-order valence-corrected chi connectivity index (χ0v) is 28.5. The van der Waals surface area contributed by atoms with E-state index >= 15 is 0 Å². The van der Waals surface area contributed by atoms with Crippen LogP contribution in [0.25, 0.3) is 0 Å². The van der Waals surface area contributed by atoms with Gasteiger partial charge in [-0.3, -0.25) is 4.79 Å². The minimum absolute atomic E-state index is 0.0497. The molecule has 1 saturated carbocycles. The molecule has 0 heterocycles. The number of ether oxygens (including phenoxy) is 2. The van der Waals surface area contributed by atoms with Crippen LogP contribution in [0.5, 0.6) is 0 Å². The van der Waals surface area contributed by atoms with Gasteiger partial charge in [0, 0.05) is 20.1 Å². The van der Waals surface area contributed by atoms with Gasteiger partial charge in [0.15, 0.2) is 0 Å². The summed E-state index contributed by atoms with van der Waals surface area (Å²) >= 11 is 0. The van der Waals surface area contributed by atoms with Crippen LogP contribution in [0.2, 0.25) is 0 Å². The summed E-state index contributed by atoms with van der Waals surface area (Å²) < 4.78 is 10.00. The Morgan fingerprint density at radius 1 is 0.512 bits per heavy atom. The van der Waals surface area contributed by atoms with E-state index in [4.69, 9.17) is 9.47 Å². The van der Waals surface area contributed by atoms with Gasteiger partial charge in [-0.05, 0) is 62.2 Å². The van der Waals surface area contributed by atoms with Crippen molar-refractivity contribution in [2.75, 3.05) is 20.8 Å². The van der Waals surface area contributed by atoms with Crippen molar-refractivity contribution in [3.8, 4) is 0 Å². The maximum atomic E-state index is 11.4. The first-order valence-electron chi connectivity index (χ1n) is 18.7. The molecule has 1 rings (SSSR count). The molecule has 0 aromatic rings. The van der Waals surface area contributed by atoms with Crippen LogP contribution < -0.4 is 0 Å². The average molecular weight is 579 g/mol. The molecule has 0 aromatic heterocycles. The molecule has 0 aromatic carbocycles. The Kier molecular flexibility index (Phi) is 26.5. The fraction of sp³-hybridized carbons (Fsp3) is 0.974. The van der Waals surface area contributed by atoms with Crippen molar-refractivity contribution in [1.82, 2.24) is 0 Å². The molecule has 0 bridgehead atoms. The average Bonchev–Trinajstić information content (AvgIpc) is 2.99. The Bertz CT molecular complexity index is 562. The molecule has 0 amide bonds. The predicted octanol–water partition coefficient (Wildman–Crippen LogP) is 12.2. The van der Waals surface area contributed by atoms with Gasteiger partial charge in [-0.25, -0.2) is 0 Å². The monoisotopic (exact) mass is 579 g/mol. The molecular weight excluding hydrogens is 504 g/mol. The lowest BCUT2D eigenvalue weighted by Crippen LogP contribution is -2.35. The van der Waals surface area contributed by atoms with Gasteiger partial charge in [0.25, 0.3) is 0 Å². The number of unbranched alkanes of at least 4 members (excludes halogenated alkanes) is 17. The second-order valence-corrected chi connectivity index (χ2v) is 13.6. The van der Waals surface area contributed by atoms with Crippen LogP contribution in [0.1, 0.15) is 194 Å². The Morgan fingerprint density at radius 3 is 1.34 bits per heavy atom. The molecule has 0 radical (unpaired) electrons. The Balaban J connectivity index is 2.62. The zero-order valence-electron chi connectivity index (χ0n) is 28.5. The molecule has 0 spiro atoms. The molecule has 244 valence electrons. The third-order valence-corrected chi connectivity index (χ3v) is 10.3. The van der Waals surface area contributed by atoms with E-state index in [1.165, 1.54) is 174 Å². The van der Waals surface area contributed by atoms with Crippen LogP contribution in [0.4, 0.5) is 0 Å². The fourth-order valence-electron chi connectivity index (χ4n) is 7.81. The highest BCUT2D eigenvalue weighted by molar-refractivity contribution is 5.68. The van der Waals surface area contributed by atoms with E-state index in [0.717, 1.165) is 36.7 Å². The van der Waals surface area contributed by atoms with Crippen LogP contribution in [0, 0.1) is 23.7 Å². The van der Waals surface area contributed by atoms with Crippen molar-refractivity contribution in [2.45, 2.75) is 194 Å². The first-order valence-corrected chi connectivity index (χ1v) is 18.7. The summed E-state index contributed by atoms with van der Waals surface area (Å²) in [7, 11) is 3.32. The van der Waals surface area contributed by atoms with Gasteiger partial charge in [0.1, 0.15) is 0 Å². The molecule has 1 fully saturated rings. The molecule has 0 aliphatic heterocycles. The quantitative estimate of drug-likeness (QED) is 0.0654. The Hall–Kier alpha value is -0.570. The Morgan fingerprint density at radius 2 is 0.902 bits per heavy atom. The van der Waals surface area contributed by atoms with E-state index in [1.807, 2.05) is 7.11 Å². The third-order valence-electron chi connectivity index (χ3n) is 10.3. The van der Waals surface area contributed by atoms with Gasteiger partial charge in [-0.2, -0.15) is 0 Å². The first kappa shape index (κ1) is 38.5. The summed E-state index contributed by atoms with van der Waals surface area (Å²) in [6.45, 7) is 5.63. The highest BCUT2D eigenvalue weighted by atomic mass is 16.5. The van der Waals surface area contributed by atoms with Crippen molar-refractivity contribution >= 4 is 5.97 Å². The van der Waals surface area contributed by atoms with Crippen molar-refractivity contribution in [3.63, 3.8) is 0 Å². The normalized spacial score (nSPS) is 20.9. The zero-order chi connectivity index (χ0) is 29.8. The molecule has 1 aliphatic rings. The van der Waals surface area contributed by atoms with Crippen LogP contribution >= 0.6 is 0 Å². The number of esters is 1. The molecule has 3 nitrogen and oxygen atoms in total. The van der Waals surface area contributed by atoms with Gasteiger partial charge >= 0.3 is 5.97 Å². The van der Waals surface area contributed by atoms with E-state index in [9.17, 15) is 4.79 Å². The number of carbonyl (C=O) groups excluding carboxylic acids is 1. The topological polar surface area (TPSA) is 35.5 Å². The van der Waals surface area contributed by atoms with Gasteiger partial charge in [0.2, 0.25) is 0 Å². The van der Waals surface area contributed by atoms with Gasteiger partial charge in [0.05, 0.1) is 7.11 Å². The number of rotatable bonds is 29. The van der Waals surface area contributed by atoms with E-state index < -0.39 is 0 Å². The number of hydrogen-bond acceptors (Lipinski definition) is 3. The lowest BCUT2D eigenvalue weighted by molar-refractivity contribution is -0.140. The molecule has 0 saturated heterocycles. The van der Waals surface area contributed by atoms with E-state index in [2.05, 4.69) is 13.8 Å². The summed E-state index contributed by atoms with van der Waals surface area (Å²) in [5.74, 6) is 3.89. The maximum Gasteiger partial charge on any atom is 0.305 e. The molecule has 0 N–H and O–H groups in total.